The summed E-state index contributed by atoms with van der Waals surface area (Å²) in [5, 5.41) is 26.3. The maximum absolute atomic E-state index is 12.2. The quantitative estimate of drug-likeness (QED) is 0.219. The minimum Gasteiger partial charge on any atom is -0.507 e. The van der Waals surface area contributed by atoms with Gasteiger partial charge in [0.05, 0.1) is 34.1 Å². The molecule has 0 saturated heterocycles. The van der Waals surface area contributed by atoms with Crippen molar-refractivity contribution in [3.63, 3.8) is 0 Å². The van der Waals surface area contributed by atoms with E-state index in [0.717, 1.165) is 5.30 Å². The van der Waals surface area contributed by atoms with Crippen molar-refractivity contribution in [3.8, 4) is 28.7 Å². The lowest BCUT2D eigenvalue weighted by Gasteiger charge is -2.33. The number of para-hydroxylation sites is 1. The molecule has 0 radical (unpaired) electrons. The molecular formula is C35H42NO5P. The molecule has 0 saturated carbocycles. The van der Waals surface area contributed by atoms with Gasteiger partial charge in [0, 0.05) is 27.0 Å². The lowest BCUT2D eigenvalue weighted by molar-refractivity contribution is 0.407. The van der Waals surface area contributed by atoms with E-state index < -0.39 is 17.9 Å². The summed E-state index contributed by atoms with van der Waals surface area (Å²) in [5.41, 5.74) is 1.25. The predicted octanol–water partition coefficient (Wildman–Crippen LogP) is 7.53. The summed E-state index contributed by atoms with van der Waals surface area (Å²) in [5.74, 6) is 1.94. The molecule has 0 heterocycles. The van der Waals surface area contributed by atoms with E-state index in [9.17, 15) is 10.2 Å². The second kappa shape index (κ2) is 11.8. The number of hydrogen-bond acceptors (Lipinski definition) is 6. The van der Waals surface area contributed by atoms with E-state index in [0.29, 0.717) is 44.7 Å². The van der Waals surface area contributed by atoms with Crippen LogP contribution in [0.3, 0.4) is 0 Å². The molecule has 0 fully saturated rings. The lowest BCUT2D eigenvalue weighted by atomic mass is 9.86. The molecule has 0 aliphatic heterocycles. The second-order valence-corrected chi connectivity index (χ2v) is 15.2. The molecule has 4 aromatic carbocycles. The number of rotatable bonds is 7. The number of phenols is 2. The molecule has 0 spiro atoms. The normalized spacial score (nSPS) is 12.1. The summed E-state index contributed by atoms with van der Waals surface area (Å²) in [6.07, 6.45) is 0. The predicted molar refractivity (Wildman–Crippen MR) is 174 cm³/mol. The SMILES string of the molecule is COc1cc(C(C)(C)C)c(O)c(P(=Nc2ccccc2)(c2ccccc2OC)c2cc(OC)cc(C(C)(C)C)c2O)c1. The van der Waals surface area contributed by atoms with Crippen LogP contribution in [-0.4, -0.2) is 31.5 Å². The molecule has 0 atom stereocenters. The van der Waals surface area contributed by atoms with Crippen molar-refractivity contribution >= 4 is 28.7 Å². The first-order valence-corrected chi connectivity index (χ1v) is 15.7. The molecule has 0 bridgehead atoms. The summed E-state index contributed by atoms with van der Waals surface area (Å²) in [6, 6.07) is 24.7. The first-order valence-electron chi connectivity index (χ1n) is 13.9. The van der Waals surface area contributed by atoms with Crippen LogP contribution in [0.1, 0.15) is 52.7 Å². The molecule has 222 valence electrons. The first-order chi connectivity index (χ1) is 19.8. The minimum atomic E-state index is -3.34. The standard InChI is InChI=1S/C35H42NO5P/c1-34(2,3)26-19-24(39-7)21-30(32(26)37)42(36-23-15-11-10-12-16-23,29-18-14-13-17-28(29)41-9)31-22-25(40-8)20-27(33(31)38)35(4,5)6/h10-22,37-38H,1-9H3. The van der Waals surface area contributed by atoms with Crippen molar-refractivity contribution < 1.29 is 24.4 Å². The topological polar surface area (TPSA) is 80.5 Å². The van der Waals surface area contributed by atoms with E-state index in [1.807, 2.05) is 120 Å². The van der Waals surface area contributed by atoms with E-state index >= 15 is 0 Å². The van der Waals surface area contributed by atoms with Gasteiger partial charge in [-0.15, -0.1) is 0 Å². The zero-order valence-corrected chi connectivity index (χ0v) is 26.9. The molecular weight excluding hydrogens is 545 g/mol. The van der Waals surface area contributed by atoms with Crippen molar-refractivity contribution in [1.82, 2.24) is 0 Å². The molecule has 42 heavy (non-hydrogen) atoms. The van der Waals surface area contributed by atoms with Crippen LogP contribution in [0.15, 0.2) is 83.6 Å². The van der Waals surface area contributed by atoms with Gasteiger partial charge >= 0.3 is 0 Å². The number of hydrogen-bond donors (Lipinski definition) is 2. The largest absolute Gasteiger partial charge is 0.507 e. The van der Waals surface area contributed by atoms with Crippen LogP contribution in [0.2, 0.25) is 0 Å². The van der Waals surface area contributed by atoms with Crippen molar-refractivity contribution in [2.24, 2.45) is 4.74 Å². The first kappa shape index (κ1) is 31.1. The highest BCUT2D eigenvalue weighted by molar-refractivity contribution is 7.88. The van der Waals surface area contributed by atoms with Gasteiger partial charge in [-0.3, -0.25) is 4.74 Å². The zero-order valence-electron chi connectivity index (χ0n) is 26.0. The summed E-state index contributed by atoms with van der Waals surface area (Å²) in [4.78, 5) is 0. The van der Waals surface area contributed by atoms with Crippen LogP contribution in [0.25, 0.3) is 0 Å². The van der Waals surface area contributed by atoms with Crippen LogP contribution < -0.4 is 30.1 Å². The average Bonchev–Trinajstić information content (AvgIpc) is 2.95. The van der Waals surface area contributed by atoms with Gasteiger partial charge in [0.2, 0.25) is 0 Å². The Hall–Kier alpha value is -3.89. The van der Waals surface area contributed by atoms with Gasteiger partial charge in [-0.1, -0.05) is 71.9 Å². The number of ether oxygens (including phenoxy) is 3. The third kappa shape index (κ3) is 5.73. The van der Waals surface area contributed by atoms with Gasteiger partial charge in [-0.05, 0) is 59.4 Å². The Morgan fingerprint density at radius 3 is 1.45 bits per heavy atom. The molecule has 6 nitrogen and oxygen atoms in total. The van der Waals surface area contributed by atoms with Crippen LogP contribution in [-0.2, 0) is 10.8 Å². The molecule has 0 unspecified atom stereocenters. The van der Waals surface area contributed by atoms with Gasteiger partial charge < -0.3 is 24.4 Å². The second-order valence-electron chi connectivity index (χ2n) is 12.3. The lowest BCUT2D eigenvalue weighted by Crippen LogP contribution is -2.30. The molecule has 0 aliphatic carbocycles. The van der Waals surface area contributed by atoms with Gasteiger partial charge in [-0.25, -0.2) is 0 Å². The van der Waals surface area contributed by atoms with E-state index in [2.05, 4.69) is 0 Å². The fourth-order valence-electron chi connectivity index (χ4n) is 5.18. The maximum atomic E-state index is 12.2. The van der Waals surface area contributed by atoms with Crippen LogP contribution >= 0.6 is 7.05 Å². The van der Waals surface area contributed by atoms with E-state index in [1.54, 1.807) is 21.3 Å². The molecule has 0 amide bonds. The average molecular weight is 588 g/mol. The van der Waals surface area contributed by atoms with Crippen LogP contribution in [0, 0.1) is 0 Å². The Morgan fingerprint density at radius 2 is 1.02 bits per heavy atom. The van der Waals surface area contributed by atoms with Crippen LogP contribution in [0.4, 0.5) is 5.69 Å². The van der Waals surface area contributed by atoms with Crippen molar-refractivity contribution in [2.45, 2.75) is 52.4 Å². The molecule has 2 N–H and O–H groups in total. The number of aromatic hydroxyl groups is 2. The number of nitrogens with zero attached hydrogens (tertiary/aromatic N) is 1. The molecule has 4 aromatic rings. The highest BCUT2D eigenvalue weighted by Gasteiger charge is 2.39. The Morgan fingerprint density at radius 1 is 0.571 bits per heavy atom. The third-order valence-electron chi connectivity index (χ3n) is 7.37. The summed E-state index contributed by atoms with van der Waals surface area (Å²) < 4.78 is 23.1. The fourth-order valence-corrected chi connectivity index (χ4v) is 9.03. The summed E-state index contributed by atoms with van der Waals surface area (Å²) in [7, 11) is 1.51. The van der Waals surface area contributed by atoms with Crippen molar-refractivity contribution in [1.29, 1.82) is 0 Å². The number of phenolic OH excluding ortho intramolecular Hbond substituents is 2. The third-order valence-corrected chi connectivity index (χ3v) is 11.0. The molecule has 7 heteroatoms. The Bertz CT molecular complexity index is 1560. The van der Waals surface area contributed by atoms with E-state index in [-0.39, 0.29) is 11.5 Å². The van der Waals surface area contributed by atoms with Gasteiger partial charge in [0.25, 0.3) is 0 Å². The van der Waals surface area contributed by atoms with Crippen LogP contribution in [0.5, 0.6) is 28.7 Å². The summed E-state index contributed by atoms with van der Waals surface area (Å²) in [6.45, 7) is 12.3. The molecule has 0 aromatic heterocycles. The zero-order chi connectivity index (χ0) is 30.9. The molecule has 4 rings (SSSR count). The Kier molecular flexibility index (Phi) is 8.71. The number of benzene rings is 4. The maximum Gasteiger partial charge on any atom is 0.129 e. The fraction of sp³-hybridized carbons (Fsp3) is 0.314. The van der Waals surface area contributed by atoms with Gasteiger partial charge in [0.1, 0.15) is 28.7 Å². The summed E-state index contributed by atoms with van der Waals surface area (Å²) >= 11 is 0. The highest BCUT2D eigenvalue weighted by Crippen LogP contribution is 2.57. The Balaban J connectivity index is 2.41. The van der Waals surface area contributed by atoms with Gasteiger partial charge in [-0.2, -0.15) is 0 Å². The van der Waals surface area contributed by atoms with Crippen molar-refractivity contribution in [3.05, 3.63) is 90.0 Å². The highest BCUT2D eigenvalue weighted by atomic mass is 31.2. The number of methoxy groups -OCH3 is 3. The smallest absolute Gasteiger partial charge is 0.129 e. The minimum absolute atomic E-state index is 0.0988. The van der Waals surface area contributed by atoms with E-state index in [4.69, 9.17) is 19.0 Å². The van der Waals surface area contributed by atoms with Crippen molar-refractivity contribution in [2.75, 3.05) is 21.3 Å². The van der Waals surface area contributed by atoms with E-state index in [1.165, 1.54) is 0 Å². The Labute approximate surface area is 250 Å². The molecule has 0 aliphatic rings. The van der Waals surface area contributed by atoms with Gasteiger partial charge in [0.15, 0.2) is 0 Å². The monoisotopic (exact) mass is 587 g/mol.